The Hall–Kier alpha value is -1.88. The summed E-state index contributed by atoms with van der Waals surface area (Å²) in [6, 6.07) is 7.14. The molecule has 2 saturated carbocycles. The van der Waals surface area contributed by atoms with Crippen molar-refractivity contribution in [3.05, 3.63) is 35.9 Å². The lowest BCUT2D eigenvalue weighted by atomic mass is 9.80. The van der Waals surface area contributed by atoms with E-state index in [1.807, 2.05) is 12.1 Å². The maximum Gasteiger partial charge on any atom is 0.182 e. The van der Waals surface area contributed by atoms with E-state index in [9.17, 15) is 0 Å². The van der Waals surface area contributed by atoms with E-state index < -0.39 is 0 Å². The first-order chi connectivity index (χ1) is 17.1. The molecular formula is C30H38F2O2S. The number of halogens is 2. The van der Waals surface area contributed by atoms with Crippen LogP contribution in [0, 0.1) is 29.4 Å². The molecule has 2 aliphatic rings. The first-order valence-electron chi connectivity index (χ1n) is 13.7. The third-order valence-corrected chi connectivity index (χ3v) is 9.43. The minimum Gasteiger partial charge on any atom is -0.490 e. The zero-order chi connectivity index (χ0) is 24.2. The second-order valence-corrected chi connectivity index (χ2v) is 11.8. The summed E-state index contributed by atoms with van der Waals surface area (Å²) in [6.45, 7) is 3.37. The third-order valence-electron chi connectivity index (χ3n) is 8.22. The zero-order valence-electron chi connectivity index (χ0n) is 20.9. The molecule has 0 amide bonds. The van der Waals surface area contributed by atoms with Gasteiger partial charge in [-0.1, -0.05) is 58.3 Å². The first-order valence-corrected chi connectivity index (χ1v) is 14.5. The predicted octanol–water partition coefficient (Wildman–Crippen LogP) is 9.67. The summed E-state index contributed by atoms with van der Waals surface area (Å²) < 4.78 is 43.4. The average Bonchev–Trinajstić information content (AvgIpc) is 3.53. The van der Waals surface area contributed by atoms with Crippen molar-refractivity contribution in [2.24, 2.45) is 17.8 Å². The molecule has 0 atom stereocenters. The fraction of sp³-hybridized carbons (Fsp3) is 0.600. The highest BCUT2D eigenvalue weighted by Gasteiger charge is 2.23. The summed E-state index contributed by atoms with van der Waals surface area (Å²) in [5.41, 5.74) is 0. The molecule has 1 aromatic heterocycles. The van der Waals surface area contributed by atoms with E-state index in [0.29, 0.717) is 34.4 Å². The number of hydrogen-bond acceptors (Lipinski definition) is 3. The van der Waals surface area contributed by atoms with Gasteiger partial charge in [0.2, 0.25) is 0 Å². The Balaban J connectivity index is 1.24. The van der Waals surface area contributed by atoms with Crippen molar-refractivity contribution in [1.29, 1.82) is 0 Å². The molecular weight excluding hydrogens is 462 g/mol. The van der Waals surface area contributed by atoms with Gasteiger partial charge in [-0.25, -0.2) is 8.78 Å². The van der Waals surface area contributed by atoms with Gasteiger partial charge in [0.15, 0.2) is 23.1 Å². The third kappa shape index (κ3) is 5.60. The quantitative estimate of drug-likeness (QED) is 0.258. The number of thiophene rings is 1. The van der Waals surface area contributed by atoms with Crippen molar-refractivity contribution in [3.8, 4) is 11.5 Å². The van der Waals surface area contributed by atoms with Gasteiger partial charge in [0.05, 0.1) is 22.6 Å². The number of ether oxygens (including phenoxy) is 2. The molecule has 3 aromatic rings. The lowest BCUT2D eigenvalue weighted by molar-refractivity contribution is 0.174. The van der Waals surface area contributed by atoms with Crippen LogP contribution in [0.4, 0.5) is 8.78 Å². The Morgan fingerprint density at radius 2 is 1.23 bits per heavy atom. The second-order valence-electron chi connectivity index (χ2n) is 10.8. The molecule has 0 radical (unpaired) electrons. The highest BCUT2D eigenvalue weighted by molar-refractivity contribution is 7.25. The lowest BCUT2D eigenvalue weighted by Gasteiger charge is -2.28. The molecule has 2 aliphatic carbocycles. The molecule has 0 aliphatic heterocycles. The summed E-state index contributed by atoms with van der Waals surface area (Å²) in [6.07, 6.45) is 14.9. The average molecular weight is 501 g/mol. The van der Waals surface area contributed by atoms with E-state index >= 15 is 8.78 Å². The molecule has 35 heavy (non-hydrogen) atoms. The van der Waals surface area contributed by atoms with Gasteiger partial charge < -0.3 is 9.47 Å². The standard InChI is InChI=1S/C30H38F2O2S/c1-2-3-4-7-20-10-12-22(13-11-20)19-34-26-17-15-24-23-14-16-25(33-18-21-8-5-6-9-21)27(31)29(23)35-30(24)28(26)32/h14-17,20-22H,2-13,18-19H2,1H3. The molecule has 2 aromatic carbocycles. The maximum absolute atomic E-state index is 15.4. The van der Waals surface area contributed by atoms with Gasteiger partial charge in [-0.3, -0.25) is 0 Å². The topological polar surface area (TPSA) is 18.5 Å². The van der Waals surface area contributed by atoms with E-state index in [2.05, 4.69) is 6.92 Å². The normalized spacial score (nSPS) is 21.2. The smallest absolute Gasteiger partial charge is 0.182 e. The zero-order valence-corrected chi connectivity index (χ0v) is 21.7. The molecule has 0 bridgehead atoms. The molecule has 0 spiro atoms. The first kappa shape index (κ1) is 24.8. The molecule has 0 saturated heterocycles. The molecule has 5 rings (SSSR count). The number of fused-ring (bicyclic) bond motifs is 3. The Labute approximate surface area is 212 Å². The van der Waals surface area contributed by atoms with Gasteiger partial charge >= 0.3 is 0 Å². The summed E-state index contributed by atoms with van der Waals surface area (Å²) in [5.74, 6) is 1.67. The summed E-state index contributed by atoms with van der Waals surface area (Å²) in [5, 5.41) is 1.48. The van der Waals surface area contributed by atoms with E-state index in [0.717, 1.165) is 40.9 Å². The summed E-state index contributed by atoms with van der Waals surface area (Å²) >= 11 is 1.16. The fourth-order valence-corrected chi connectivity index (χ4v) is 7.15. The Morgan fingerprint density at radius 3 is 1.77 bits per heavy atom. The highest BCUT2D eigenvalue weighted by Crippen LogP contribution is 2.42. The van der Waals surface area contributed by atoms with Crippen LogP contribution in [-0.2, 0) is 0 Å². The van der Waals surface area contributed by atoms with Crippen LogP contribution in [0.1, 0.15) is 84.0 Å². The minimum atomic E-state index is -0.376. The number of unbranched alkanes of at least 4 members (excludes halogenated alkanes) is 2. The van der Waals surface area contributed by atoms with Gasteiger partial charge in [0.1, 0.15) is 0 Å². The van der Waals surface area contributed by atoms with Gasteiger partial charge in [-0.15, -0.1) is 11.3 Å². The Bertz CT molecular complexity index is 1130. The molecule has 2 nitrogen and oxygen atoms in total. The molecule has 2 fully saturated rings. The molecule has 1 heterocycles. The van der Waals surface area contributed by atoms with Crippen molar-refractivity contribution in [2.75, 3.05) is 13.2 Å². The van der Waals surface area contributed by atoms with Crippen molar-refractivity contribution < 1.29 is 18.3 Å². The SMILES string of the molecule is CCCCCC1CCC(COc2ccc3c(sc4c(F)c(OCC5CCCC5)ccc43)c2F)CC1. The number of hydrogen-bond donors (Lipinski definition) is 0. The molecule has 0 N–H and O–H groups in total. The number of benzene rings is 2. The van der Waals surface area contributed by atoms with E-state index in [1.54, 1.807) is 12.1 Å². The van der Waals surface area contributed by atoms with Crippen molar-refractivity contribution in [1.82, 2.24) is 0 Å². The summed E-state index contributed by atoms with van der Waals surface area (Å²) in [7, 11) is 0. The van der Waals surface area contributed by atoms with E-state index in [-0.39, 0.29) is 23.1 Å². The van der Waals surface area contributed by atoms with Gasteiger partial charge in [0.25, 0.3) is 0 Å². The molecule has 0 unspecified atom stereocenters. The van der Waals surface area contributed by atoms with Crippen LogP contribution >= 0.6 is 11.3 Å². The van der Waals surface area contributed by atoms with Crippen LogP contribution in [0.3, 0.4) is 0 Å². The van der Waals surface area contributed by atoms with Crippen LogP contribution in [0.2, 0.25) is 0 Å². The van der Waals surface area contributed by atoms with Crippen LogP contribution in [0.15, 0.2) is 24.3 Å². The maximum atomic E-state index is 15.4. The van der Waals surface area contributed by atoms with Gasteiger partial charge in [-0.2, -0.15) is 0 Å². The van der Waals surface area contributed by atoms with E-state index in [4.69, 9.17) is 9.47 Å². The van der Waals surface area contributed by atoms with Crippen LogP contribution < -0.4 is 9.47 Å². The highest BCUT2D eigenvalue weighted by atomic mass is 32.1. The van der Waals surface area contributed by atoms with Crippen molar-refractivity contribution in [2.45, 2.75) is 84.0 Å². The summed E-state index contributed by atoms with van der Waals surface area (Å²) in [4.78, 5) is 0. The molecule has 190 valence electrons. The van der Waals surface area contributed by atoms with Crippen LogP contribution in [0.25, 0.3) is 20.2 Å². The van der Waals surface area contributed by atoms with E-state index in [1.165, 1.54) is 64.2 Å². The monoisotopic (exact) mass is 500 g/mol. The number of rotatable bonds is 10. The molecule has 5 heteroatoms. The largest absolute Gasteiger partial charge is 0.490 e. The van der Waals surface area contributed by atoms with Crippen LogP contribution in [0.5, 0.6) is 11.5 Å². The van der Waals surface area contributed by atoms with Crippen molar-refractivity contribution in [3.63, 3.8) is 0 Å². The van der Waals surface area contributed by atoms with Crippen LogP contribution in [-0.4, -0.2) is 13.2 Å². The van der Waals surface area contributed by atoms with Gasteiger partial charge in [0, 0.05) is 10.8 Å². The lowest BCUT2D eigenvalue weighted by Crippen LogP contribution is -2.20. The minimum absolute atomic E-state index is 0.276. The second kappa shape index (κ2) is 11.5. The Morgan fingerprint density at radius 1 is 0.714 bits per heavy atom. The van der Waals surface area contributed by atoms with Gasteiger partial charge in [-0.05, 0) is 67.7 Å². The fourth-order valence-electron chi connectivity index (χ4n) is 5.99. The Kier molecular flexibility index (Phi) is 8.11. The van der Waals surface area contributed by atoms with Crippen molar-refractivity contribution >= 4 is 31.5 Å². The predicted molar refractivity (Wildman–Crippen MR) is 142 cm³/mol.